The lowest BCUT2D eigenvalue weighted by Crippen LogP contribution is -2.01. The first-order valence-corrected chi connectivity index (χ1v) is 6.01. The second kappa shape index (κ2) is 5.39. The van der Waals surface area contributed by atoms with Gasteiger partial charge < -0.3 is 5.32 Å². The fourth-order valence-corrected chi connectivity index (χ4v) is 1.90. The molecule has 0 spiro atoms. The molecule has 17 heavy (non-hydrogen) atoms. The highest BCUT2D eigenvalue weighted by Crippen LogP contribution is 2.24. The second-order valence-electron chi connectivity index (χ2n) is 3.73. The average molecular weight is 267 g/mol. The SMILES string of the molecule is Cc1c(Cl)cccc1NCc1ccncc1Cl. The van der Waals surface area contributed by atoms with Crippen molar-refractivity contribution in [2.45, 2.75) is 13.5 Å². The molecule has 2 rings (SSSR count). The van der Waals surface area contributed by atoms with E-state index in [1.165, 1.54) is 0 Å². The molecule has 2 nitrogen and oxygen atoms in total. The topological polar surface area (TPSA) is 24.9 Å². The molecule has 1 N–H and O–H groups in total. The van der Waals surface area contributed by atoms with E-state index in [-0.39, 0.29) is 0 Å². The zero-order valence-corrected chi connectivity index (χ0v) is 10.9. The highest BCUT2D eigenvalue weighted by Gasteiger charge is 2.03. The van der Waals surface area contributed by atoms with Crippen LogP contribution in [0, 0.1) is 6.92 Å². The Morgan fingerprint density at radius 3 is 2.76 bits per heavy atom. The van der Waals surface area contributed by atoms with E-state index in [2.05, 4.69) is 10.3 Å². The van der Waals surface area contributed by atoms with Gasteiger partial charge in [-0.1, -0.05) is 29.3 Å². The Morgan fingerprint density at radius 2 is 2.00 bits per heavy atom. The lowest BCUT2D eigenvalue weighted by Gasteiger charge is -2.11. The van der Waals surface area contributed by atoms with Gasteiger partial charge in [-0.25, -0.2) is 0 Å². The van der Waals surface area contributed by atoms with E-state index in [9.17, 15) is 0 Å². The first kappa shape index (κ1) is 12.2. The summed E-state index contributed by atoms with van der Waals surface area (Å²) in [5.41, 5.74) is 3.07. The quantitative estimate of drug-likeness (QED) is 0.896. The molecule has 0 amide bonds. The Kier molecular flexibility index (Phi) is 3.87. The summed E-state index contributed by atoms with van der Waals surface area (Å²) in [5.74, 6) is 0. The Morgan fingerprint density at radius 1 is 1.18 bits per heavy atom. The molecule has 0 radical (unpaired) electrons. The number of hydrogen-bond donors (Lipinski definition) is 1. The molecular formula is C13H12Cl2N2. The summed E-state index contributed by atoms with van der Waals surface area (Å²) < 4.78 is 0. The van der Waals surface area contributed by atoms with Crippen LogP contribution in [0.4, 0.5) is 5.69 Å². The highest BCUT2D eigenvalue weighted by atomic mass is 35.5. The molecular weight excluding hydrogens is 255 g/mol. The minimum atomic E-state index is 0.655. The van der Waals surface area contributed by atoms with Crippen molar-refractivity contribution >= 4 is 28.9 Å². The predicted molar refractivity (Wildman–Crippen MR) is 72.8 cm³/mol. The maximum Gasteiger partial charge on any atom is 0.0639 e. The maximum atomic E-state index is 6.05. The molecule has 0 saturated heterocycles. The fraction of sp³-hybridized carbons (Fsp3) is 0.154. The zero-order valence-electron chi connectivity index (χ0n) is 9.37. The molecule has 0 bridgehead atoms. The summed E-state index contributed by atoms with van der Waals surface area (Å²) in [6.45, 7) is 2.64. The molecule has 4 heteroatoms. The molecule has 1 heterocycles. The van der Waals surface area contributed by atoms with Gasteiger partial charge in [-0.05, 0) is 36.2 Å². The third-order valence-electron chi connectivity index (χ3n) is 2.59. The van der Waals surface area contributed by atoms with E-state index in [0.717, 1.165) is 21.8 Å². The van der Waals surface area contributed by atoms with E-state index in [4.69, 9.17) is 23.2 Å². The van der Waals surface area contributed by atoms with Gasteiger partial charge in [-0.15, -0.1) is 0 Å². The Hall–Kier alpha value is -1.25. The molecule has 0 aliphatic rings. The molecule has 0 unspecified atom stereocenters. The van der Waals surface area contributed by atoms with Gasteiger partial charge in [0.05, 0.1) is 5.02 Å². The monoisotopic (exact) mass is 266 g/mol. The number of aromatic nitrogens is 1. The molecule has 0 saturated carbocycles. The van der Waals surface area contributed by atoms with Gasteiger partial charge in [0, 0.05) is 29.6 Å². The van der Waals surface area contributed by atoms with E-state index in [0.29, 0.717) is 11.6 Å². The van der Waals surface area contributed by atoms with Crippen molar-refractivity contribution in [3.8, 4) is 0 Å². The van der Waals surface area contributed by atoms with E-state index >= 15 is 0 Å². The van der Waals surface area contributed by atoms with Gasteiger partial charge in [0.1, 0.15) is 0 Å². The van der Waals surface area contributed by atoms with Crippen molar-refractivity contribution in [1.82, 2.24) is 4.98 Å². The van der Waals surface area contributed by atoms with Crippen molar-refractivity contribution in [3.05, 3.63) is 57.8 Å². The summed E-state index contributed by atoms with van der Waals surface area (Å²) in [7, 11) is 0. The lowest BCUT2D eigenvalue weighted by molar-refractivity contribution is 1.12. The Bertz CT molecular complexity index is 527. The number of pyridine rings is 1. The van der Waals surface area contributed by atoms with Crippen LogP contribution in [0.2, 0.25) is 10.0 Å². The molecule has 0 aliphatic carbocycles. The molecule has 0 atom stereocenters. The number of rotatable bonds is 3. The van der Waals surface area contributed by atoms with Crippen LogP contribution in [0.25, 0.3) is 0 Å². The average Bonchev–Trinajstić information content (AvgIpc) is 2.33. The molecule has 0 fully saturated rings. The van der Waals surface area contributed by atoms with Crippen molar-refractivity contribution in [1.29, 1.82) is 0 Å². The number of nitrogens with zero attached hydrogens (tertiary/aromatic N) is 1. The van der Waals surface area contributed by atoms with Crippen LogP contribution < -0.4 is 5.32 Å². The maximum absolute atomic E-state index is 6.05. The minimum absolute atomic E-state index is 0.655. The largest absolute Gasteiger partial charge is 0.381 e. The second-order valence-corrected chi connectivity index (χ2v) is 4.55. The normalized spacial score (nSPS) is 10.3. The van der Waals surface area contributed by atoms with Gasteiger partial charge in [0.15, 0.2) is 0 Å². The van der Waals surface area contributed by atoms with Crippen molar-refractivity contribution in [3.63, 3.8) is 0 Å². The molecule has 1 aromatic heterocycles. The first-order valence-electron chi connectivity index (χ1n) is 5.26. The van der Waals surface area contributed by atoms with Gasteiger partial charge in [-0.3, -0.25) is 4.98 Å². The summed E-state index contributed by atoms with van der Waals surface area (Å²) in [6.07, 6.45) is 3.37. The van der Waals surface area contributed by atoms with Crippen LogP contribution in [0.5, 0.6) is 0 Å². The lowest BCUT2D eigenvalue weighted by atomic mass is 10.2. The van der Waals surface area contributed by atoms with E-state index in [1.54, 1.807) is 12.4 Å². The van der Waals surface area contributed by atoms with Crippen molar-refractivity contribution in [2.75, 3.05) is 5.32 Å². The smallest absolute Gasteiger partial charge is 0.0639 e. The van der Waals surface area contributed by atoms with Crippen molar-refractivity contribution in [2.24, 2.45) is 0 Å². The van der Waals surface area contributed by atoms with Crippen molar-refractivity contribution < 1.29 is 0 Å². The standard InChI is InChI=1S/C13H12Cl2N2/c1-9-11(14)3-2-4-13(9)17-7-10-5-6-16-8-12(10)15/h2-6,8,17H,7H2,1H3. The molecule has 0 aliphatic heterocycles. The summed E-state index contributed by atoms with van der Waals surface area (Å²) in [5, 5.41) is 4.74. The summed E-state index contributed by atoms with van der Waals surface area (Å²) >= 11 is 12.1. The van der Waals surface area contributed by atoms with Crippen LogP contribution in [-0.2, 0) is 6.54 Å². The molecule has 88 valence electrons. The minimum Gasteiger partial charge on any atom is -0.381 e. The number of hydrogen-bond acceptors (Lipinski definition) is 2. The van der Waals surface area contributed by atoms with Crippen LogP contribution in [0.1, 0.15) is 11.1 Å². The third kappa shape index (κ3) is 2.90. The van der Waals surface area contributed by atoms with Gasteiger partial charge in [0.25, 0.3) is 0 Å². The van der Waals surface area contributed by atoms with Crippen LogP contribution >= 0.6 is 23.2 Å². The van der Waals surface area contributed by atoms with E-state index in [1.807, 2.05) is 31.2 Å². The van der Waals surface area contributed by atoms with Gasteiger partial charge >= 0.3 is 0 Å². The Labute approximate surface area is 111 Å². The van der Waals surface area contributed by atoms with Crippen LogP contribution in [0.15, 0.2) is 36.7 Å². The van der Waals surface area contributed by atoms with Crippen LogP contribution in [0.3, 0.4) is 0 Å². The van der Waals surface area contributed by atoms with Gasteiger partial charge in [-0.2, -0.15) is 0 Å². The molecule has 2 aromatic rings. The number of benzene rings is 1. The first-order chi connectivity index (χ1) is 8.18. The fourth-order valence-electron chi connectivity index (χ4n) is 1.54. The Balaban J connectivity index is 2.13. The van der Waals surface area contributed by atoms with Crippen LogP contribution in [-0.4, -0.2) is 4.98 Å². The number of nitrogens with one attached hydrogen (secondary N) is 1. The van der Waals surface area contributed by atoms with E-state index < -0.39 is 0 Å². The van der Waals surface area contributed by atoms with Gasteiger partial charge in [0.2, 0.25) is 0 Å². The number of halogens is 2. The third-order valence-corrected chi connectivity index (χ3v) is 3.34. The summed E-state index contributed by atoms with van der Waals surface area (Å²) in [6, 6.07) is 7.69. The highest BCUT2D eigenvalue weighted by molar-refractivity contribution is 6.31. The summed E-state index contributed by atoms with van der Waals surface area (Å²) in [4.78, 5) is 3.95. The zero-order chi connectivity index (χ0) is 12.3. The predicted octanol–water partition coefficient (Wildman–Crippen LogP) is 4.31. The number of anilines is 1. The molecule has 1 aromatic carbocycles.